The number of rotatable bonds is 3. The Balaban J connectivity index is 1.50. The molecule has 0 fully saturated rings. The minimum atomic E-state index is 0.845. The molecule has 0 amide bonds. The largest absolute Gasteiger partial charge is 0.256 e. The first-order chi connectivity index (χ1) is 15.9. The summed E-state index contributed by atoms with van der Waals surface area (Å²) < 4.78 is 1.96. The lowest BCUT2D eigenvalue weighted by Gasteiger charge is -2.16. The summed E-state index contributed by atoms with van der Waals surface area (Å²) >= 11 is 0. The van der Waals surface area contributed by atoms with Gasteiger partial charge in [0.1, 0.15) is 0 Å². The fourth-order valence-electron chi connectivity index (χ4n) is 4.53. The van der Waals surface area contributed by atoms with E-state index in [-0.39, 0.29) is 0 Å². The molecule has 0 saturated carbocycles. The van der Waals surface area contributed by atoms with E-state index in [0.717, 1.165) is 23.4 Å². The molecule has 0 aliphatic heterocycles. The average Bonchev–Trinajstić information content (AvgIpc) is 3.32. The van der Waals surface area contributed by atoms with Crippen LogP contribution in [0.3, 0.4) is 0 Å². The van der Waals surface area contributed by atoms with Crippen LogP contribution in [0.5, 0.6) is 0 Å². The molecule has 6 rings (SSSR count). The highest BCUT2D eigenvalue weighted by Crippen LogP contribution is 2.36. The fourth-order valence-corrected chi connectivity index (χ4v) is 4.53. The van der Waals surface area contributed by atoms with Crippen LogP contribution in [0.2, 0.25) is 0 Å². The molecular weight excluding hydrogens is 390 g/mol. The normalized spacial score (nSPS) is 12.1. The van der Waals surface area contributed by atoms with Gasteiger partial charge in [-0.15, -0.1) is 0 Å². The van der Waals surface area contributed by atoms with Crippen LogP contribution in [-0.2, 0) is 6.42 Å². The Labute approximate surface area is 187 Å². The van der Waals surface area contributed by atoms with E-state index < -0.39 is 0 Å². The van der Waals surface area contributed by atoms with Crippen LogP contribution in [0, 0.1) is 0 Å². The maximum Gasteiger partial charge on any atom is 0.0702 e. The summed E-state index contributed by atoms with van der Waals surface area (Å²) in [6.45, 7) is 0. The number of aromatic nitrogens is 3. The second-order valence-electron chi connectivity index (χ2n) is 7.97. The highest BCUT2D eigenvalue weighted by molar-refractivity contribution is 5.83. The summed E-state index contributed by atoms with van der Waals surface area (Å²) in [7, 11) is 0. The minimum Gasteiger partial charge on any atom is -0.256 e. The van der Waals surface area contributed by atoms with E-state index in [0.29, 0.717) is 0 Å². The van der Waals surface area contributed by atoms with Crippen molar-refractivity contribution in [1.82, 2.24) is 14.8 Å². The van der Waals surface area contributed by atoms with Crippen molar-refractivity contribution < 1.29 is 0 Å². The third kappa shape index (κ3) is 3.25. The molecule has 2 heterocycles. The van der Waals surface area contributed by atoms with Gasteiger partial charge in [0.15, 0.2) is 0 Å². The van der Waals surface area contributed by atoms with Crippen molar-refractivity contribution in [1.29, 1.82) is 0 Å². The highest BCUT2D eigenvalue weighted by Gasteiger charge is 2.18. The molecular formula is C29H21N3. The van der Waals surface area contributed by atoms with Crippen LogP contribution in [0.15, 0.2) is 104 Å². The van der Waals surface area contributed by atoms with Crippen molar-refractivity contribution in [3.63, 3.8) is 0 Å². The first-order valence-corrected chi connectivity index (χ1v) is 10.8. The van der Waals surface area contributed by atoms with Crippen LogP contribution in [-0.4, -0.2) is 14.8 Å². The van der Waals surface area contributed by atoms with Gasteiger partial charge in [-0.2, -0.15) is 5.10 Å². The van der Waals surface area contributed by atoms with Gasteiger partial charge in [0, 0.05) is 30.6 Å². The topological polar surface area (TPSA) is 30.7 Å². The van der Waals surface area contributed by atoms with Gasteiger partial charge in [-0.25, -0.2) is 4.68 Å². The number of hydrogen-bond donors (Lipinski definition) is 0. The lowest BCUT2D eigenvalue weighted by Crippen LogP contribution is -2.04. The second kappa shape index (κ2) is 7.78. The molecule has 32 heavy (non-hydrogen) atoms. The van der Waals surface area contributed by atoms with Crippen molar-refractivity contribution >= 4 is 12.2 Å². The zero-order chi connectivity index (χ0) is 21.3. The van der Waals surface area contributed by atoms with Gasteiger partial charge in [0.25, 0.3) is 0 Å². The lowest BCUT2D eigenvalue weighted by atomic mass is 9.90. The van der Waals surface area contributed by atoms with Crippen molar-refractivity contribution in [2.24, 2.45) is 0 Å². The lowest BCUT2D eigenvalue weighted by molar-refractivity contribution is 0.865. The van der Waals surface area contributed by atoms with Gasteiger partial charge in [0.2, 0.25) is 0 Å². The molecule has 2 aromatic heterocycles. The highest BCUT2D eigenvalue weighted by atomic mass is 15.3. The number of benzene rings is 3. The SMILES string of the molecule is C1=Cc2cccc(-n3cccn3)c2Cc2c1cccc2-c1cccc(-c2ccccn2)c1. The molecule has 0 radical (unpaired) electrons. The Hall–Kier alpha value is -4.24. The molecule has 0 N–H and O–H groups in total. The van der Waals surface area contributed by atoms with Crippen LogP contribution in [0.1, 0.15) is 22.3 Å². The maximum absolute atomic E-state index is 4.54. The summed E-state index contributed by atoms with van der Waals surface area (Å²) in [4.78, 5) is 4.54. The zero-order valence-corrected chi connectivity index (χ0v) is 17.5. The summed E-state index contributed by atoms with van der Waals surface area (Å²) in [6, 6.07) is 29.7. The molecule has 5 aromatic rings. The standard InChI is InChI=1S/C29H21N3/c1-2-16-30-28(12-1)24-10-3-9-23(19-24)25-11-4-7-21-14-15-22-8-5-13-29(27(22)20-26(21)25)32-18-6-17-31-32/h1-19H,20H2. The Morgan fingerprint density at radius 3 is 2.28 bits per heavy atom. The number of hydrogen-bond acceptors (Lipinski definition) is 2. The van der Waals surface area contributed by atoms with Crippen LogP contribution in [0.25, 0.3) is 40.2 Å². The van der Waals surface area contributed by atoms with E-state index in [1.54, 1.807) is 0 Å². The average molecular weight is 412 g/mol. The fraction of sp³-hybridized carbons (Fsp3) is 0.0345. The van der Waals surface area contributed by atoms with Crippen LogP contribution in [0.4, 0.5) is 0 Å². The van der Waals surface area contributed by atoms with Crippen molar-refractivity contribution in [2.45, 2.75) is 6.42 Å². The van der Waals surface area contributed by atoms with E-state index >= 15 is 0 Å². The zero-order valence-electron chi connectivity index (χ0n) is 17.5. The summed E-state index contributed by atoms with van der Waals surface area (Å²) in [5.74, 6) is 0. The quantitative estimate of drug-likeness (QED) is 0.325. The van der Waals surface area contributed by atoms with Gasteiger partial charge in [-0.05, 0) is 63.7 Å². The Bertz CT molecular complexity index is 1430. The van der Waals surface area contributed by atoms with Gasteiger partial charge < -0.3 is 0 Å². The predicted octanol–water partition coefficient (Wildman–Crippen LogP) is 6.68. The monoisotopic (exact) mass is 411 g/mol. The molecule has 3 heteroatoms. The minimum absolute atomic E-state index is 0.845. The Morgan fingerprint density at radius 1 is 0.656 bits per heavy atom. The van der Waals surface area contributed by atoms with Gasteiger partial charge in [-0.1, -0.05) is 66.7 Å². The molecule has 0 spiro atoms. The van der Waals surface area contributed by atoms with Gasteiger partial charge in [0.05, 0.1) is 11.4 Å². The number of fused-ring (bicyclic) bond motifs is 2. The summed E-state index contributed by atoms with van der Waals surface area (Å²) in [5, 5.41) is 4.49. The van der Waals surface area contributed by atoms with E-state index in [1.165, 1.54) is 33.4 Å². The third-order valence-corrected chi connectivity index (χ3v) is 6.08. The second-order valence-corrected chi connectivity index (χ2v) is 7.97. The van der Waals surface area contributed by atoms with Crippen LogP contribution >= 0.6 is 0 Å². The van der Waals surface area contributed by atoms with Gasteiger partial charge >= 0.3 is 0 Å². The molecule has 0 atom stereocenters. The van der Waals surface area contributed by atoms with E-state index in [9.17, 15) is 0 Å². The van der Waals surface area contributed by atoms with Gasteiger partial charge in [-0.3, -0.25) is 4.98 Å². The number of nitrogens with zero attached hydrogens (tertiary/aromatic N) is 3. The predicted molar refractivity (Wildman–Crippen MR) is 130 cm³/mol. The number of pyridine rings is 1. The van der Waals surface area contributed by atoms with E-state index in [2.05, 4.69) is 89.0 Å². The molecule has 0 saturated heterocycles. The summed E-state index contributed by atoms with van der Waals surface area (Å²) in [5.41, 5.74) is 10.8. The molecule has 1 aliphatic rings. The Morgan fingerprint density at radius 2 is 1.47 bits per heavy atom. The van der Waals surface area contributed by atoms with Crippen molar-refractivity contribution in [2.75, 3.05) is 0 Å². The summed E-state index contributed by atoms with van der Waals surface area (Å²) in [6.07, 6.45) is 11.0. The molecule has 1 aliphatic carbocycles. The van der Waals surface area contributed by atoms with Crippen molar-refractivity contribution in [3.05, 3.63) is 126 Å². The Kier molecular flexibility index (Phi) is 4.51. The molecule has 3 aromatic carbocycles. The molecule has 3 nitrogen and oxygen atoms in total. The first kappa shape index (κ1) is 18.5. The van der Waals surface area contributed by atoms with Crippen molar-refractivity contribution in [3.8, 4) is 28.1 Å². The smallest absolute Gasteiger partial charge is 0.0702 e. The third-order valence-electron chi connectivity index (χ3n) is 6.08. The molecule has 152 valence electrons. The van der Waals surface area contributed by atoms with E-state index in [4.69, 9.17) is 0 Å². The van der Waals surface area contributed by atoms with E-state index in [1.807, 2.05) is 41.5 Å². The maximum atomic E-state index is 4.54. The molecule has 0 bridgehead atoms. The molecule has 0 unspecified atom stereocenters. The van der Waals surface area contributed by atoms with Crippen LogP contribution < -0.4 is 0 Å². The first-order valence-electron chi connectivity index (χ1n) is 10.8.